The van der Waals surface area contributed by atoms with Crippen LogP contribution in [-0.4, -0.2) is 32.8 Å². The van der Waals surface area contributed by atoms with Gasteiger partial charge >= 0.3 is 0 Å². The van der Waals surface area contributed by atoms with Gasteiger partial charge in [-0.25, -0.2) is 0 Å². The van der Waals surface area contributed by atoms with Gasteiger partial charge in [0.1, 0.15) is 5.76 Å². The van der Waals surface area contributed by atoms with Crippen molar-refractivity contribution < 1.29 is 14.7 Å². The van der Waals surface area contributed by atoms with Gasteiger partial charge in [0.15, 0.2) is 0 Å². The summed E-state index contributed by atoms with van der Waals surface area (Å²) in [6.07, 6.45) is 2.67. The van der Waals surface area contributed by atoms with E-state index in [4.69, 9.17) is 0 Å². The Morgan fingerprint density at radius 1 is 1.04 bits per heavy atom. The van der Waals surface area contributed by atoms with E-state index in [2.05, 4.69) is 0 Å². The predicted molar refractivity (Wildman–Crippen MR) is 109 cm³/mol. The van der Waals surface area contributed by atoms with Gasteiger partial charge in [0.05, 0.1) is 11.6 Å². The highest BCUT2D eigenvalue weighted by Gasteiger charge is 2.46. The molecule has 1 N–H and O–H groups in total. The zero-order valence-electron chi connectivity index (χ0n) is 15.9. The van der Waals surface area contributed by atoms with Crippen molar-refractivity contribution in [3.8, 4) is 0 Å². The number of carbonyl (C=O) groups is 2. The minimum atomic E-state index is -0.632. The highest BCUT2D eigenvalue weighted by Crippen LogP contribution is 2.42. The molecule has 1 aliphatic rings. The van der Waals surface area contributed by atoms with Crippen LogP contribution in [0.5, 0.6) is 0 Å². The molecule has 1 aliphatic heterocycles. The fraction of sp³-hybridized carbons (Fsp3) is 0.217. The Morgan fingerprint density at radius 2 is 1.71 bits per heavy atom. The number of Topliss-reactive ketones (excluding diaryl/α,β-unsaturated/α-hetero) is 1. The Bertz CT molecular complexity index is 1100. The summed E-state index contributed by atoms with van der Waals surface area (Å²) in [7, 11) is 1.94. The molecule has 3 aromatic rings. The van der Waals surface area contributed by atoms with Gasteiger partial charge in [-0.1, -0.05) is 55.5 Å². The number of rotatable bonds is 4. The van der Waals surface area contributed by atoms with Crippen LogP contribution < -0.4 is 0 Å². The number of aliphatic hydroxyl groups excluding tert-OH is 1. The molecule has 1 unspecified atom stereocenters. The fourth-order valence-corrected chi connectivity index (χ4v) is 4.02. The maximum absolute atomic E-state index is 12.9. The number of fused-ring (bicyclic) bond motifs is 1. The van der Waals surface area contributed by atoms with Crippen LogP contribution in [-0.2, 0) is 16.6 Å². The Labute approximate surface area is 163 Å². The van der Waals surface area contributed by atoms with Crippen molar-refractivity contribution in [2.24, 2.45) is 7.05 Å². The molecule has 0 saturated carbocycles. The molecular formula is C23H22N2O3. The first-order valence-electron chi connectivity index (χ1n) is 9.42. The van der Waals surface area contributed by atoms with E-state index in [0.29, 0.717) is 12.1 Å². The standard InChI is InChI=1S/C23H22N2O3/c1-3-13-25-20(17-14-24(2)18-12-8-7-11-16(17)18)19(22(27)23(25)28)21(26)15-9-5-4-6-10-15/h4-12,14,20,26H,3,13H2,1-2H3/b21-19+. The van der Waals surface area contributed by atoms with Crippen LogP contribution in [0.2, 0.25) is 0 Å². The number of hydrogen-bond acceptors (Lipinski definition) is 3. The Hall–Kier alpha value is -3.34. The molecule has 2 aromatic carbocycles. The zero-order chi connectivity index (χ0) is 19.8. The molecule has 5 heteroatoms. The number of ketones is 1. The molecular weight excluding hydrogens is 352 g/mol. The fourth-order valence-electron chi connectivity index (χ4n) is 4.02. The third-order valence-corrected chi connectivity index (χ3v) is 5.27. The largest absolute Gasteiger partial charge is 0.507 e. The first kappa shape index (κ1) is 18.0. The van der Waals surface area contributed by atoms with Gasteiger partial charge < -0.3 is 14.6 Å². The van der Waals surface area contributed by atoms with Crippen LogP contribution in [0.4, 0.5) is 0 Å². The lowest BCUT2D eigenvalue weighted by Crippen LogP contribution is -2.30. The highest BCUT2D eigenvalue weighted by molar-refractivity contribution is 6.46. The van der Waals surface area contributed by atoms with Crippen LogP contribution in [0.25, 0.3) is 16.7 Å². The number of nitrogens with zero attached hydrogens (tertiary/aromatic N) is 2. The van der Waals surface area contributed by atoms with Gasteiger partial charge in [0.25, 0.3) is 11.7 Å². The summed E-state index contributed by atoms with van der Waals surface area (Å²) >= 11 is 0. The quantitative estimate of drug-likeness (QED) is 0.426. The van der Waals surface area contributed by atoms with Gasteiger partial charge in [0.2, 0.25) is 0 Å². The number of carbonyl (C=O) groups excluding carboxylic acids is 2. The SMILES string of the molecule is CCCN1C(=O)C(=O)/C(=C(/O)c2ccccc2)C1c1cn(C)c2ccccc12. The zero-order valence-corrected chi connectivity index (χ0v) is 15.9. The van der Waals surface area contributed by atoms with Crippen molar-refractivity contribution in [2.75, 3.05) is 6.54 Å². The summed E-state index contributed by atoms with van der Waals surface area (Å²) in [4.78, 5) is 27.3. The lowest BCUT2D eigenvalue weighted by atomic mass is 9.95. The predicted octanol–water partition coefficient (Wildman–Crippen LogP) is 4.01. The van der Waals surface area contributed by atoms with E-state index in [1.165, 1.54) is 0 Å². The molecule has 4 rings (SSSR count). The lowest BCUT2D eigenvalue weighted by Gasteiger charge is -2.24. The number of aryl methyl sites for hydroxylation is 1. The number of likely N-dealkylation sites (tertiary alicyclic amines) is 1. The molecule has 5 nitrogen and oxygen atoms in total. The smallest absolute Gasteiger partial charge is 0.295 e. The van der Waals surface area contributed by atoms with Crippen LogP contribution in [0, 0.1) is 0 Å². The summed E-state index contributed by atoms with van der Waals surface area (Å²) in [5.74, 6) is -1.32. The second kappa shape index (κ2) is 7.00. The Kier molecular flexibility index (Phi) is 4.51. The van der Waals surface area contributed by atoms with E-state index in [0.717, 1.165) is 22.9 Å². The summed E-state index contributed by atoms with van der Waals surface area (Å²) in [5.41, 5.74) is 2.55. The van der Waals surface area contributed by atoms with Crippen molar-refractivity contribution in [1.29, 1.82) is 0 Å². The molecule has 0 aliphatic carbocycles. The average Bonchev–Trinajstić information content (AvgIpc) is 3.18. The van der Waals surface area contributed by atoms with Crippen molar-refractivity contribution in [3.05, 3.63) is 77.5 Å². The first-order chi connectivity index (χ1) is 13.5. The summed E-state index contributed by atoms with van der Waals surface area (Å²) < 4.78 is 1.99. The third-order valence-electron chi connectivity index (χ3n) is 5.27. The van der Waals surface area contributed by atoms with Crippen molar-refractivity contribution in [2.45, 2.75) is 19.4 Å². The molecule has 1 fully saturated rings. The number of hydrogen-bond donors (Lipinski definition) is 1. The van der Waals surface area contributed by atoms with E-state index in [-0.39, 0.29) is 11.3 Å². The molecule has 1 saturated heterocycles. The maximum Gasteiger partial charge on any atom is 0.295 e. The number of para-hydroxylation sites is 1. The van der Waals surface area contributed by atoms with Crippen molar-refractivity contribution >= 4 is 28.4 Å². The molecule has 0 radical (unpaired) electrons. The summed E-state index contributed by atoms with van der Waals surface area (Å²) in [5, 5.41) is 11.9. The van der Waals surface area contributed by atoms with E-state index in [9.17, 15) is 14.7 Å². The van der Waals surface area contributed by atoms with E-state index >= 15 is 0 Å². The number of amides is 1. The third kappa shape index (κ3) is 2.71. The number of aromatic nitrogens is 1. The molecule has 1 aromatic heterocycles. The molecule has 2 heterocycles. The second-order valence-electron chi connectivity index (χ2n) is 7.07. The van der Waals surface area contributed by atoms with E-state index in [1.54, 1.807) is 29.2 Å². The van der Waals surface area contributed by atoms with Gasteiger partial charge in [-0.15, -0.1) is 0 Å². The molecule has 0 bridgehead atoms. The highest BCUT2D eigenvalue weighted by atomic mass is 16.3. The Morgan fingerprint density at radius 3 is 2.43 bits per heavy atom. The van der Waals surface area contributed by atoms with Crippen LogP contribution in [0.1, 0.15) is 30.5 Å². The van der Waals surface area contributed by atoms with Gasteiger partial charge in [-0.05, 0) is 12.5 Å². The van der Waals surface area contributed by atoms with Crippen LogP contribution in [0.15, 0.2) is 66.4 Å². The summed E-state index contributed by atoms with van der Waals surface area (Å²) in [6, 6.07) is 16.2. The topological polar surface area (TPSA) is 62.5 Å². The monoisotopic (exact) mass is 374 g/mol. The molecule has 1 amide bonds. The number of aliphatic hydroxyl groups is 1. The Balaban J connectivity index is 1.98. The molecule has 142 valence electrons. The van der Waals surface area contributed by atoms with Crippen molar-refractivity contribution in [3.63, 3.8) is 0 Å². The molecule has 28 heavy (non-hydrogen) atoms. The first-order valence-corrected chi connectivity index (χ1v) is 9.42. The normalized spacial score (nSPS) is 18.9. The van der Waals surface area contributed by atoms with Crippen LogP contribution in [0.3, 0.4) is 0 Å². The van der Waals surface area contributed by atoms with Gasteiger partial charge in [-0.2, -0.15) is 0 Å². The molecule has 1 atom stereocenters. The van der Waals surface area contributed by atoms with E-state index in [1.807, 2.05) is 55.1 Å². The van der Waals surface area contributed by atoms with Gasteiger partial charge in [0, 0.05) is 41.8 Å². The van der Waals surface area contributed by atoms with Crippen molar-refractivity contribution in [1.82, 2.24) is 9.47 Å². The minimum absolute atomic E-state index is 0.129. The van der Waals surface area contributed by atoms with Crippen LogP contribution >= 0.6 is 0 Å². The number of benzene rings is 2. The summed E-state index contributed by atoms with van der Waals surface area (Å²) in [6.45, 7) is 2.42. The maximum atomic E-state index is 12.9. The van der Waals surface area contributed by atoms with E-state index < -0.39 is 17.7 Å². The molecule has 0 spiro atoms. The second-order valence-corrected chi connectivity index (χ2v) is 7.07. The van der Waals surface area contributed by atoms with Gasteiger partial charge in [-0.3, -0.25) is 9.59 Å². The lowest BCUT2D eigenvalue weighted by molar-refractivity contribution is -0.139. The average molecular weight is 374 g/mol. The minimum Gasteiger partial charge on any atom is -0.507 e.